The molecule has 1 fully saturated rings. The predicted molar refractivity (Wildman–Crippen MR) is 71.8 cm³/mol. The van der Waals surface area contributed by atoms with E-state index < -0.39 is 0 Å². The summed E-state index contributed by atoms with van der Waals surface area (Å²) in [5.41, 5.74) is 1.66. The summed E-state index contributed by atoms with van der Waals surface area (Å²) >= 11 is 6.00. The Hall–Kier alpha value is -1.26. The van der Waals surface area contributed by atoms with E-state index in [0.29, 0.717) is 11.6 Å². The molecule has 0 aromatic heterocycles. The van der Waals surface area contributed by atoms with E-state index in [1.165, 1.54) is 0 Å². The zero-order chi connectivity index (χ0) is 13.1. The second kappa shape index (κ2) is 5.59. The van der Waals surface area contributed by atoms with Gasteiger partial charge in [0.05, 0.1) is 13.2 Å². The maximum absolute atomic E-state index is 11.9. The topological polar surface area (TPSA) is 43.8 Å². The Kier molecular flexibility index (Phi) is 4.09. The molecule has 1 saturated heterocycles. The Bertz CT molecular complexity index is 451. The van der Waals surface area contributed by atoms with Crippen molar-refractivity contribution in [1.29, 1.82) is 0 Å². The number of carbonyl (C=O) groups excluding carboxylic acids is 1. The number of hydrogen-bond donors (Lipinski definition) is 1. The second-order valence-corrected chi connectivity index (χ2v) is 4.96. The lowest BCUT2D eigenvalue weighted by molar-refractivity contribution is -0.127. The number of likely N-dealkylation sites (N-methyl/N-ethyl adjacent to an activating group) is 1. The van der Waals surface area contributed by atoms with Gasteiger partial charge in [-0.1, -0.05) is 17.7 Å². The first-order valence-electron chi connectivity index (χ1n) is 6.00. The summed E-state index contributed by atoms with van der Waals surface area (Å²) in [6.45, 7) is 1.85. The van der Waals surface area contributed by atoms with Gasteiger partial charge in [0, 0.05) is 36.4 Å². The van der Waals surface area contributed by atoms with Crippen LogP contribution in [0, 0.1) is 0 Å². The first kappa shape index (κ1) is 13.2. The van der Waals surface area contributed by atoms with Crippen LogP contribution in [0.2, 0.25) is 5.02 Å². The molecule has 1 aliphatic heterocycles. The van der Waals surface area contributed by atoms with E-state index in [0.717, 1.165) is 30.8 Å². The Labute approximate surface area is 112 Å². The van der Waals surface area contributed by atoms with Gasteiger partial charge in [0.25, 0.3) is 0 Å². The van der Waals surface area contributed by atoms with Crippen LogP contribution in [-0.2, 0) is 11.4 Å². The summed E-state index contributed by atoms with van der Waals surface area (Å²) in [4.78, 5) is 15.6. The SMILES string of the molecule is CN1CCCN(c2cc(Cl)ccc2CO)CC1=O. The number of carbonyl (C=O) groups is 1. The fraction of sp³-hybridized carbons (Fsp3) is 0.462. The largest absolute Gasteiger partial charge is 0.392 e. The lowest BCUT2D eigenvalue weighted by Crippen LogP contribution is -2.34. The van der Waals surface area contributed by atoms with Crippen LogP contribution in [0.3, 0.4) is 0 Å². The number of benzene rings is 1. The molecule has 1 N–H and O–H groups in total. The molecule has 0 bridgehead atoms. The third-order valence-corrected chi connectivity index (χ3v) is 3.47. The highest BCUT2D eigenvalue weighted by Crippen LogP contribution is 2.26. The molecule has 4 nitrogen and oxygen atoms in total. The summed E-state index contributed by atoms with van der Waals surface area (Å²) in [6, 6.07) is 5.37. The van der Waals surface area contributed by atoms with Gasteiger partial charge < -0.3 is 14.9 Å². The van der Waals surface area contributed by atoms with Crippen molar-refractivity contribution in [3.63, 3.8) is 0 Å². The number of aliphatic hydroxyl groups excluding tert-OH is 1. The standard InChI is InChI=1S/C13H17ClN2O2/c1-15-5-2-6-16(8-13(15)18)12-7-11(14)4-3-10(12)9-17/h3-4,7,17H,2,5-6,8-9H2,1H3. The van der Waals surface area contributed by atoms with Gasteiger partial charge in [-0.25, -0.2) is 0 Å². The second-order valence-electron chi connectivity index (χ2n) is 4.52. The number of amides is 1. The quantitative estimate of drug-likeness (QED) is 0.884. The third kappa shape index (κ3) is 2.76. The molecular formula is C13H17ClN2O2. The molecule has 18 heavy (non-hydrogen) atoms. The van der Waals surface area contributed by atoms with Crippen LogP contribution in [0.4, 0.5) is 5.69 Å². The zero-order valence-electron chi connectivity index (χ0n) is 10.4. The molecule has 5 heteroatoms. The summed E-state index contributed by atoms with van der Waals surface area (Å²) < 4.78 is 0. The van der Waals surface area contributed by atoms with Crippen LogP contribution in [0.1, 0.15) is 12.0 Å². The van der Waals surface area contributed by atoms with Crippen molar-refractivity contribution in [2.24, 2.45) is 0 Å². The van der Waals surface area contributed by atoms with E-state index in [2.05, 4.69) is 0 Å². The highest BCUT2D eigenvalue weighted by Gasteiger charge is 2.20. The molecule has 2 rings (SSSR count). The van der Waals surface area contributed by atoms with Gasteiger partial charge in [-0.15, -0.1) is 0 Å². The highest BCUT2D eigenvalue weighted by molar-refractivity contribution is 6.30. The summed E-state index contributed by atoms with van der Waals surface area (Å²) in [7, 11) is 1.82. The molecule has 0 spiro atoms. The number of halogens is 1. The molecule has 98 valence electrons. The smallest absolute Gasteiger partial charge is 0.241 e. The highest BCUT2D eigenvalue weighted by atomic mass is 35.5. The van der Waals surface area contributed by atoms with Crippen LogP contribution >= 0.6 is 11.6 Å². The van der Waals surface area contributed by atoms with Gasteiger partial charge in [0.1, 0.15) is 0 Å². The molecule has 1 aliphatic rings. The van der Waals surface area contributed by atoms with E-state index in [-0.39, 0.29) is 12.5 Å². The normalized spacial score (nSPS) is 16.9. The summed E-state index contributed by atoms with van der Waals surface area (Å²) in [5.74, 6) is 0.0939. The molecule has 0 radical (unpaired) electrons. The van der Waals surface area contributed by atoms with E-state index in [4.69, 9.17) is 11.6 Å². The van der Waals surface area contributed by atoms with Crippen molar-refractivity contribution in [3.05, 3.63) is 28.8 Å². The van der Waals surface area contributed by atoms with Crippen molar-refractivity contribution in [2.45, 2.75) is 13.0 Å². The molecule has 0 atom stereocenters. The number of nitrogens with zero attached hydrogens (tertiary/aromatic N) is 2. The van der Waals surface area contributed by atoms with Crippen LogP contribution in [-0.4, -0.2) is 42.6 Å². The minimum absolute atomic E-state index is 0.0486. The molecular weight excluding hydrogens is 252 g/mol. The molecule has 1 aromatic carbocycles. The minimum Gasteiger partial charge on any atom is -0.392 e. The van der Waals surface area contributed by atoms with Crippen molar-refractivity contribution < 1.29 is 9.90 Å². The van der Waals surface area contributed by atoms with Gasteiger partial charge in [-0.05, 0) is 18.6 Å². The van der Waals surface area contributed by atoms with Crippen LogP contribution in [0.25, 0.3) is 0 Å². The molecule has 1 amide bonds. The first-order valence-corrected chi connectivity index (χ1v) is 6.38. The number of aliphatic hydroxyl groups is 1. The molecule has 1 heterocycles. The Morgan fingerprint density at radius 3 is 2.89 bits per heavy atom. The summed E-state index contributed by atoms with van der Waals surface area (Å²) in [5, 5.41) is 9.98. The average Bonchev–Trinajstić information content (AvgIpc) is 2.52. The maximum atomic E-state index is 11.9. The van der Waals surface area contributed by atoms with Crippen LogP contribution in [0.5, 0.6) is 0 Å². The number of anilines is 1. The number of hydrogen-bond acceptors (Lipinski definition) is 3. The fourth-order valence-electron chi connectivity index (χ4n) is 2.16. The molecule has 0 unspecified atom stereocenters. The van der Waals surface area contributed by atoms with E-state index in [1.807, 2.05) is 18.0 Å². The van der Waals surface area contributed by atoms with Gasteiger partial charge in [-0.2, -0.15) is 0 Å². The maximum Gasteiger partial charge on any atom is 0.241 e. The van der Waals surface area contributed by atoms with Crippen molar-refractivity contribution in [3.8, 4) is 0 Å². The van der Waals surface area contributed by atoms with Crippen molar-refractivity contribution >= 4 is 23.2 Å². The molecule has 1 aromatic rings. The lowest BCUT2D eigenvalue weighted by Gasteiger charge is -2.24. The van der Waals surface area contributed by atoms with Gasteiger partial charge >= 0.3 is 0 Å². The molecule has 0 saturated carbocycles. The van der Waals surface area contributed by atoms with Crippen LogP contribution in [0.15, 0.2) is 18.2 Å². The van der Waals surface area contributed by atoms with E-state index in [1.54, 1.807) is 17.0 Å². The van der Waals surface area contributed by atoms with Gasteiger partial charge in [0.2, 0.25) is 5.91 Å². The summed E-state index contributed by atoms with van der Waals surface area (Å²) in [6.07, 6.45) is 0.916. The third-order valence-electron chi connectivity index (χ3n) is 3.23. The van der Waals surface area contributed by atoms with Crippen molar-refractivity contribution in [1.82, 2.24) is 4.90 Å². The van der Waals surface area contributed by atoms with Gasteiger partial charge in [0.15, 0.2) is 0 Å². The lowest BCUT2D eigenvalue weighted by atomic mass is 10.1. The minimum atomic E-state index is -0.0486. The fourth-order valence-corrected chi connectivity index (χ4v) is 2.32. The Morgan fingerprint density at radius 2 is 2.17 bits per heavy atom. The predicted octanol–water partition coefficient (Wildman–Crippen LogP) is 1.50. The van der Waals surface area contributed by atoms with Crippen LogP contribution < -0.4 is 4.90 Å². The van der Waals surface area contributed by atoms with Gasteiger partial charge in [-0.3, -0.25) is 4.79 Å². The van der Waals surface area contributed by atoms with E-state index >= 15 is 0 Å². The Morgan fingerprint density at radius 1 is 1.39 bits per heavy atom. The first-order chi connectivity index (χ1) is 8.61. The molecule has 0 aliphatic carbocycles. The van der Waals surface area contributed by atoms with E-state index in [9.17, 15) is 9.90 Å². The zero-order valence-corrected chi connectivity index (χ0v) is 11.2. The average molecular weight is 269 g/mol. The number of rotatable bonds is 2. The Balaban J connectivity index is 2.29. The monoisotopic (exact) mass is 268 g/mol. The van der Waals surface area contributed by atoms with Crippen molar-refractivity contribution in [2.75, 3.05) is 31.6 Å².